The Hall–Kier alpha value is -1.75. The summed E-state index contributed by atoms with van der Waals surface area (Å²) in [5.74, 6) is 0.879. The molecule has 0 unspecified atom stereocenters. The molecule has 0 spiro atoms. The van der Waals surface area contributed by atoms with E-state index < -0.39 is 5.60 Å². The summed E-state index contributed by atoms with van der Waals surface area (Å²) in [5.41, 5.74) is 0.618. The summed E-state index contributed by atoms with van der Waals surface area (Å²) in [6.45, 7) is 9.00. The highest BCUT2D eigenvalue weighted by Crippen LogP contribution is 2.20. The van der Waals surface area contributed by atoms with Gasteiger partial charge in [0.1, 0.15) is 11.9 Å². The lowest BCUT2D eigenvalue weighted by Gasteiger charge is -2.39. The van der Waals surface area contributed by atoms with Crippen molar-refractivity contribution < 1.29 is 14.6 Å². The molecule has 1 aliphatic heterocycles. The largest absolute Gasteiger partial charge is 0.487 e. The number of hydrogen-bond acceptors (Lipinski definition) is 3. The molecule has 1 aliphatic rings. The fraction of sp³-hybridized carbons (Fsp3) is 0.650. The first-order valence-corrected chi connectivity index (χ1v) is 9.30. The molecule has 2 N–H and O–H groups in total. The Morgan fingerprint density at radius 3 is 2.80 bits per heavy atom. The molecule has 1 atom stereocenters. The Bertz CT molecular complexity index is 562. The molecule has 25 heavy (non-hydrogen) atoms. The zero-order valence-corrected chi connectivity index (χ0v) is 15.9. The van der Waals surface area contributed by atoms with Crippen molar-refractivity contribution in [3.05, 3.63) is 29.8 Å². The quantitative estimate of drug-likeness (QED) is 0.757. The minimum absolute atomic E-state index is 0.0297. The van der Waals surface area contributed by atoms with E-state index in [4.69, 9.17) is 4.74 Å². The van der Waals surface area contributed by atoms with E-state index in [2.05, 4.69) is 24.4 Å². The number of nitrogens with one attached hydrogen (secondary N) is 1. The number of aryl methyl sites for hydroxylation is 1. The van der Waals surface area contributed by atoms with Gasteiger partial charge in [0.15, 0.2) is 0 Å². The Balaban J connectivity index is 1.66. The average Bonchev–Trinajstić information content (AvgIpc) is 2.49. The van der Waals surface area contributed by atoms with Gasteiger partial charge in [-0.05, 0) is 64.2 Å². The maximum Gasteiger partial charge on any atom is 0.317 e. The number of aliphatic hydroxyl groups is 1. The normalized spacial score (nSPS) is 16.3. The third-order valence-corrected chi connectivity index (χ3v) is 4.54. The summed E-state index contributed by atoms with van der Waals surface area (Å²) < 4.78 is 5.93. The van der Waals surface area contributed by atoms with Crippen LogP contribution in [0.25, 0.3) is 0 Å². The van der Waals surface area contributed by atoms with Crippen molar-refractivity contribution in [2.75, 3.05) is 13.1 Å². The topological polar surface area (TPSA) is 61.8 Å². The summed E-state index contributed by atoms with van der Waals surface area (Å²) in [6.07, 6.45) is 3.56. The van der Waals surface area contributed by atoms with Gasteiger partial charge in [-0.15, -0.1) is 0 Å². The Labute approximate surface area is 151 Å². The molecule has 0 radical (unpaired) electrons. The van der Waals surface area contributed by atoms with Gasteiger partial charge in [-0.1, -0.05) is 19.1 Å². The molecule has 0 saturated carbocycles. The van der Waals surface area contributed by atoms with Gasteiger partial charge < -0.3 is 20.1 Å². The molecule has 5 nitrogen and oxygen atoms in total. The molecule has 2 rings (SSSR count). The molecule has 1 aromatic carbocycles. The summed E-state index contributed by atoms with van der Waals surface area (Å²) in [4.78, 5) is 14.0. The van der Waals surface area contributed by atoms with Crippen molar-refractivity contribution in [3.8, 4) is 5.75 Å². The molecule has 0 aliphatic carbocycles. The maximum atomic E-state index is 12.2. The monoisotopic (exact) mass is 348 g/mol. The molecule has 1 heterocycles. The van der Waals surface area contributed by atoms with Crippen molar-refractivity contribution in [2.24, 2.45) is 0 Å². The van der Waals surface area contributed by atoms with Crippen LogP contribution < -0.4 is 10.1 Å². The zero-order chi connectivity index (χ0) is 18.4. The van der Waals surface area contributed by atoms with E-state index in [0.717, 1.165) is 31.4 Å². The molecule has 1 saturated heterocycles. The Morgan fingerprint density at radius 2 is 2.16 bits per heavy atom. The van der Waals surface area contributed by atoms with Crippen LogP contribution in [0.15, 0.2) is 24.3 Å². The fourth-order valence-electron chi connectivity index (χ4n) is 2.92. The van der Waals surface area contributed by atoms with Crippen LogP contribution in [0.3, 0.4) is 0 Å². The predicted molar refractivity (Wildman–Crippen MR) is 100.0 cm³/mol. The number of urea groups is 1. The highest BCUT2D eigenvalue weighted by Gasteiger charge is 2.32. The van der Waals surface area contributed by atoms with Crippen molar-refractivity contribution >= 4 is 6.03 Å². The van der Waals surface area contributed by atoms with Crippen molar-refractivity contribution in [3.63, 3.8) is 0 Å². The second-order valence-electron chi connectivity index (χ2n) is 7.70. The van der Waals surface area contributed by atoms with Gasteiger partial charge in [-0.2, -0.15) is 0 Å². The molecule has 2 amide bonds. The number of hydrogen-bond donors (Lipinski definition) is 2. The lowest BCUT2D eigenvalue weighted by atomic mass is 10.00. The van der Waals surface area contributed by atoms with Crippen molar-refractivity contribution in [1.82, 2.24) is 10.2 Å². The Kier molecular flexibility index (Phi) is 6.71. The van der Waals surface area contributed by atoms with Crippen LogP contribution in [-0.4, -0.2) is 46.9 Å². The van der Waals surface area contributed by atoms with Crippen LogP contribution in [0, 0.1) is 0 Å². The first kappa shape index (κ1) is 19.6. The number of rotatable bonds is 8. The molecule has 140 valence electrons. The molecule has 0 bridgehead atoms. The summed E-state index contributed by atoms with van der Waals surface area (Å²) in [6, 6.07) is 8.20. The molecule has 1 fully saturated rings. The minimum atomic E-state index is -0.638. The smallest absolute Gasteiger partial charge is 0.317 e. The van der Waals surface area contributed by atoms with Gasteiger partial charge in [0.05, 0.1) is 18.7 Å². The van der Waals surface area contributed by atoms with E-state index in [1.807, 2.05) is 32.9 Å². The SMILES string of the molecule is CCc1cccc(OC2CN(C(=O)N[C@@H](C)CCCC(C)(C)O)C2)c1. The van der Waals surface area contributed by atoms with E-state index in [0.29, 0.717) is 13.1 Å². The van der Waals surface area contributed by atoms with Crippen LogP contribution in [-0.2, 0) is 6.42 Å². The maximum absolute atomic E-state index is 12.2. The number of benzene rings is 1. The molecular formula is C20H32N2O3. The number of likely N-dealkylation sites (tertiary alicyclic amines) is 1. The first-order chi connectivity index (χ1) is 11.8. The van der Waals surface area contributed by atoms with Crippen LogP contribution in [0.4, 0.5) is 4.79 Å². The van der Waals surface area contributed by atoms with Crippen LogP contribution >= 0.6 is 0 Å². The zero-order valence-electron chi connectivity index (χ0n) is 15.9. The number of ether oxygens (including phenoxy) is 1. The first-order valence-electron chi connectivity index (χ1n) is 9.30. The van der Waals surface area contributed by atoms with Crippen LogP contribution in [0.1, 0.15) is 52.5 Å². The van der Waals surface area contributed by atoms with Gasteiger partial charge >= 0.3 is 6.03 Å². The lowest BCUT2D eigenvalue weighted by molar-refractivity contribution is 0.0431. The number of carbonyl (C=O) groups excluding carboxylic acids is 1. The Morgan fingerprint density at radius 1 is 1.44 bits per heavy atom. The third kappa shape index (κ3) is 6.58. The van der Waals surface area contributed by atoms with E-state index >= 15 is 0 Å². The van der Waals surface area contributed by atoms with Gasteiger partial charge in [-0.3, -0.25) is 0 Å². The standard InChI is InChI=1S/C20H32N2O3/c1-5-16-9-6-10-17(12-16)25-18-13-22(14-18)19(23)21-15(2)8-7-11-20(3,4)24/h6,9-10,12,15,18,24H,5,7-8,11,13-14H2,1-4H3,(H,21,23)/t15-/m0/s1. The van der Waals surface area contributed by atoms with Crippen LogP contribution in [0.5, 0.6) is 5.75 Å². The van der Waals surface area contributed by atoms with Crippen molar-refractivity contribution in [2.45, 2.75) is 71.1 Å². The van der Waals surface area contributed by atoms with Gasteiger partial charge in [-0.25, -0.2) is 4.79 Å². The molecular weight excluding hydrogens is 316 g/mol. The summed E-state index contributed by atoms with van der Waals surface area (Å²) >= 11 is 0. The highest BCUT2D eigenvalue weighted by molar-refractivity contribution is 5.75. The highest BCUT2D eigenvalue weighted by atomic mass is 16.5. The minimum Gasteiger partial charge on any atom is -0.487 e. The molecule has 0 aromatic heterocycles. The fourth-order valence-corrected chi connectivity index (χ4v) is 2.92. The van der Waals surface area contributed by atoms with E-state index in [1.165, 1.54) is 5.56 Å². The second-order valence-corrected chi connectivity index (χ2v) is 7.70. The van der Waals surface area contributed by atoms with Gasteiger partial charge in [0.25, 0.3) is 0 Å². The summed E-state index contributed by atoms with van der Waals surface area (Å²) in [7, 11) is 0. The predicted octanol–water partition coefficient (Wildman–Crippen LogP) is 3.35. The number of carbonyl (C=O) groups is 1. The summed E-state index contributed by atoms with van der Waals surface area (Å²) in [5, 5.41) is 12.7. The van der Waals surface area contributed by atoms with Crippen molar-refractivity contribution in [1.29, 1.82) is 0 Å². The average molecular weight is 348 g/mol. The number of amides is 2. The lowest BCUT2D eigenvalue weighted by Crippen LogP contribution is -2.59. The molecule has 5 heteroatoms. The van der Waals surface area contributed by atoms with Gasteiger partial charge in [0.2, 0.25) is 0 Å². The second kappa shape index (κ2) is 8.56. The van der Waals surface area contributed by atoms with E-state index in [-0.39, 0.29) is 18.2 Å². The van der Waals surface area contributed by atoms with E-state index in [1.54, 1.807) is 4.90 Å². The van der Waals surface area contributed by atoms with E-state index in [9.17, 15) is 9.90 Å². The van der Waals surface area contributed by atoms with Gasteiger partial charge in [0, 0.05) is 6.04 Å². The third-order valence-electron chi connectivity index (χ3n) is 4.54. The van der Waals surface area contributed by atoms with Crippen LogP contribution in [0.2, 0.25) is 0 Å². The number of nitrogens with zero attached hydrogens (tertiary/aromatic N) is 1. The molecule has 1 aromatic rings.